The summed E-state index contributed by atoms with van der Waals surface area (Å²) in [5, 5.41) is 11.5. The quantitative estimate of drug-likeness (QED) is 0.205. The normalized spacial score (nSPS) is 15.4. The summed E-state index contributed by atoms with van der Waals surface area (Å²) in [6, 6.07) is 37.7. The van der Waals surface area contributed by atoms with Crippen molar-refractivity contribution < 1.29 is 4.42 Å². The molecule has 0 spiro atoms. The summed E-state index contributed by atoms with van der Waals surface area (Å²) in [5.74, 6) is 1.48. The maximum atomic E-state index is 6.74. The second-order valence-electron chi connectivity index (χ2n) is 10.9. The van der Waals surface area contributed by atoms with Gasteiger partial charge in [0.05, 0.1) is 16.7 Å². The van der Waals surface area contributed by atoms with Gasteiger partial charge in [0, 0.05) is 33.0 Å². The molecular weight excluding hydrogens is 474 g/mol. The smallest absolute Gasteiger partial charge is 0.158 e. The minimum atomic E-state index is 0.376. The third-order valence-corrected chi connectivity index (χ3v) is 8.75. The molecular formula is C37H25NO. The highest BCUT2D eigenvalue weighted by molar-refractivity contribution is 6.36. The van der Waals surface area contributed by atoms with Crippen LogP contribution in [0.3, 0.4) is 0 Å². The van der Waals surface area contributed by atoms with Crippen LogP contribution in [0, 0.1) is 0 Å². The Balaban J connectivity index is 1.55. The van der Waals surface area contributed by atoms with Gasteiger partial charge in [-0.3, -0.25) is 0 Å². The highest BCUT2D eigenvalue weighted by atomic mass is 16.3. The fourth-order valence-electron chi connectivity index (χ4n) is 7.05. The zero-order chi connectivity index (χ0) is 25.7. The van der Waals surface area contributed by atoms with E-state index in [9.17, 15) is 0 Å². The van der Waals surface area contributed by atoms with Gasteiger partial charge in [0.2, 0.25) is 0 Å². The van der Waals surface area contributed by atoms with Gasteiger partial charge >= 0.3 is 0 Å². The molecule has 1 unspecified atom stereocenters. The summed E-state index contributed by atoms with van der Waals surface area (Å²) < 4.78 is 9.19. The second kappa shape index (κ2) is 7.61. The van der Waals surface area contributed by atoms with E-state index in [2.05, 4.69) is 127 Å². The van der Waals surface area contributed by atoms with Crippen molar-refractivity contribution in [1.82, 2.24) is 4.57 Å². The summed E-state index contributed by atoms with van der Waals surface area (Å²) in [5.41, 5.74) is 5.72. The lowest BCUT2D eigenvalue weighted by Gasteiger charge is -2.14. The zero-order valence-electron chi connectivity index (χ0n) is 21.6. The molecule has 184 valence electrons. The molecule has 0 saturated carbocycles. The van der Waals surface area contributed by atoms with Crippen molar-refractivity contribution >= 4 is 71.2 Å². The van der Waals surface area contributed by atoms with Crippen LogP contribution in [0.4, 0.5) is 0 Å². The third-order valence-electron chi connectivity index (χ3n) is 8.75. The highest BCUT2D eigenvalue weighted by Crippen LogP contribution is 2.46. The second-order valence-corrected chi connectivity index (χ2v) is 10.9. The Bertz CT molecular complexity index is 2330. The molecule has 0 amide bonds. The van der Waals surface area contributed by atoms with E-state index in [1.807, 2.05) is 0 Å². The molecule has 0 radical (unpaired) electrons. The first-order valence-corrected chi connectivity index (χ1v) is 13.8. The van der Waals surface area contributed by atoms with Crippen molar-refractivity contribution in [3.05, 3.63) is 121 Å². The molecule has 2 aromatic heterocycles. The molecule has 0 bridgehead atoms. The first kappa shape index (κ1) is 21.2. The SMILES string of the molecule is CC1CC=Cc2c1oc1c(-n3c4ccccc4c4c5ccc6ccccc6c5c5ccccc5c43)cccc21. The van der Waals surface area contributed by atoms with Crippen molar-refractivity contribution in [2.45, 2.75) is 19.3 Å². The van der Waals surface area contributed by atoms with Crippen LogP contribution in [0.5, 0.6) is 0 Å². The number of benzene rings is 6. The van der Waals surface area contributed by atoms with Crippen molar-refractivity contribution in [3.63, 3.8) is 0 Å². The lowest BCUT2D eigenvalue weighted by molar-refractivity contribution is 0.503. The minimum absolute atomic E-state index is 0.376. The van der Waals surface area contributed by atoms with Gasteiger partial charge in [0.15, 0.2) is 5.58 Å². The Morgan fingerprint density at radius 2 is 1.38 bits per heavy atom. The predicted octanol–water partition coefficient (Wildman–Crippen LogP) is 10.5. The maximum absolute atomic E-state index is 6.74. The van der Waals surface area contributed by atoms with Gasteiger partial charge in [0.1, 0.15) is 5.76 Å². The summed E-state index contributed by atoms with van der Waals surface area (Å²) >= 11 is 0. The van der Waals surface area contributed by atoms with Crippen molar-refractivity contribution in [1.29, 1.82) is 0 Å². The van der Waals surface area contributed by atoms with E-state index in [0.29, 0.717) is 5.92 Å². The lowest BCUT2D eigenvalue weighted by Crippen LogP contribution is -1.95. The Kier molecular flexibility index (Phi) is 4.13. The fourth-order valence-corrected chi connectivity index (χ4v) is 7.05. The van der Waals surface area contributed by atoms with Crippen LogP contribution < -0.4 is 0 Å². The lowest BCUT2D eigenvalue weighted by atomic mass is 9.93. The number of rotatable bonds is 1. The molecule has 0 N–H and O–H groups in total. The molecule has 8 aromatic rings. The standard InChI is InChI=1S/C37H25NO/c1-22-10-8-16-27-28-17-9-19-32(37(28)39-36(22)27)38-31-18-7-6-15-29(31)34-30-21-20-23-11-2-3-12-24(23)33(30)25-13-4-5-14-26(25)35(34)38/h2-9,11-22H,10H2,1H3. The molecule has 2 heteroatoms. The Morgan fingerprint density at radius 3 is 2.28 bits per heavy atom. The number of nitrogens with zero attached hydrogens (tertiary/aromatic N) is 1. The minimum Gasteiger partial charge on any atom is -0.458 e. The summed E-state index contributed by atoms with van der Waals surface area (Å²) in [4.78, 5) is 0. The van der Waals surface area contributed by atoms with Gasteiger partial charge in [-0.2, -0.15) is 0 Å². The molecule has 0 fully saturated rings. The van der Waals surface area contributed by atoms with Gasteiger partial charge in [-0.05, 0) is 45.5 Å². The van der Waals surface area contributed by atoms with E-state index in [1.54, 1.807) is 0 Å². The molecule has 39 heavy (non-hydrogen) atoms. The number of hydrogen-bond donors (Lipinski definition) is 0. The monoisotopic (exact) mass is 499 g/mol. The van der Waals surface area contributed by atoms with Gasteiger partial charge in [-0.15, -0.1) is 0 Å². The molecule has 9 rings (SSSR count). The summed E-state index contributed by atoms with van der Waals surface area (Å²) in [6.07, 6.45) is 5.53. The zero-order valence-corrected chi connectivity index (χ0v) is 21.6. The molecule has 2 heterocycles. The van der Waals surface area contributed by atoms with E-state index in [-0.39, 0.29) is 0 Å². The fraction of sp³-hybridized carbons (Fsp3) is 0.0811. The number of allylic oxidation sites excluding steroid dienone is 1. The van der Waals surface area contributed by atoms with Crippen molar-refractivity contribution in [3.8, 4) is 5.69 Å². The van der Waals surface area contributed by atoms with Crippen LogP contribution in [-0.2, 0) is 0 Å². The van der Waals surface area contributed by atoms with Crippen LogP contribution in [0.2, 0.25) is 0 Å². The molecule has 2 nitrogen and oxygen atoms in total. The maximum Gasteiger partial charge on any atom is 0.158 e. The number of furan rings is 1. The Hall–Kier alpha value is -4.82. The Morgan fingerprint density at radius 1 is 0.641 bits per heavy atom. The van der Waals surface area contributed by atoms with Crippen LogP contribution in [-0.4, -0.2) is 4.57 Å². The van der Waals surface area contributed by atoms with Gasteiger partial charge in [-0.25, -0.2) is 0 Å². The average molecular weight is 500 g/mol. The average Bonchev–Trinajstić information content (AvgIpc) is 3.54. The topological polar surface area (TPSA) is 18.1 Å². The van der Waals surface area contributed by atoms with Crippen LogP contribution in [0.15, 0.2) is 114 Å². The van der Waals surface area contributed by atoms with E-state index >= 15 is 0 Å². The van der Waals surface area contributed by atoms with Crippen LogP contribution >= 0.6 is 0 Å². The number of fused-ring (bicyclic) bond motifs is 13. The highest BCUT2D eigenvalue weighted by Gasteiger charge is 2.25. The number of hydrogen-bond acceptors (Lipinski definition) is 1. The predicted molar refractivity (Wildman–Crippen MR) is 165 cm³/mol. The number of para-hydroxylation sites is 2. The summed E-state index contributed by atoms with van der Waals surface area (Å²) in [7, 11) is 0. The van der Waals surface area contributed by atoms with Crippen molar-refractivity contribution in [2.24, 2.45) is 0 Å². The first-order valence-electron chi connectivity index (χ1n) is 13.8. The van der Waals surface area contributed by atoms with E-state index in [1.165, 1.54) is 65.1 Å². The van der Waals surface area contributed by atoms with E-state index in [4.69, 9.17) is 4.42 Å². The molecule has 0 aliphatic heterocycles. The largest absolute Gasteiger partial charge is 0.458 e. The molecule has 6 aromatic carbocycles. The van der Waals surface area contributed by atoms with E-state index in [0.717, 1.165) is 23.5 Å². The molecule has 1 aliphatic carbocycles. The summed E-state index contributed by atoms with van der Waals surface area (Å²) in [6.45, 7) is 2.26. The number of aromatic nitrogens is 1. The van der Waals surface area contributed by atoms with Gasteiger partial charge in [0.25, 0.3) is 0 Å². The molecule has 1 aliphatic rings. The van der Waals surface area contributed by atoms with Crippen LogP contribution in [0.1, 0.15) is 30.6 Å². The first-order chi connectivity index (χ1) is 19.3. The Labute approximate surface area is 225 Å². The van der Waals surface area contributed by atoms with E-state index < -0.39 is 0 Å². The van der Waals surface area contributed by atoms with Crippen molar-refractivity contribution in [2.75, 3.05) is 0 Å². The molecule has 0 saturated heterocycles. The molecule has 1 atom stereocenters. The van der Waals surface area contributed by atoms with Gasteiger partial charge in [-0.1, -0.05) is 110 Å². The third kappa shape index (κ3) is 2.71. The van der Waals surface area contributed by atoms with Gasteiger partial charge < -0.3 is 8.98 Å². The van der Waals surface area contributed by atoms with Crippen LogP contribution in [0.25, 0.3) is 76.9 Å².